The smallest absolute Gasteiger partial charge is 0.0273 e. The summed E-state index contributed by atoms with van der Waals surface area (Å²) in [4.78, 5) is 3.92. The quantitative estimate of drug-likeness (QED) is 0.603. The van der Waals surface area contributed by atoms with Crippen molar-refractivity contribution in [3.8, 4) is 0 Å². The highest BCUT2D eigenvalue weighted by atomic mass is 14.6. The van der Waals surface area contributed by atoms with Gasteiger partial charge in [-0.2, -0.15) is 0 Å². The molecule has 2 N–H and O–H groups in total. The summed E-state index contributed by atoms with van der Waals surface area (Å²) in [6.07, 6.45) is 12.7. The van der Waals surface area contributed by atoms with Crippen molar-refractivity contribution in [3.63, 3.8) is 0 Å². The second kappa shape index (κ2) is 12.1. The van der Waals surface area contributed by atoms with E-state index in [0.29, 0.717) is 0 Å². The second-order valence-electron chi connectivity index (χ2n) is 4.11. The second-order valence-corrected chi connectivity index (χ2v) is 4.11. The van der Waals surface area contributed by atoms with Crippen molar-refractivity contribution in [1.82, 2.24) is 4.98 Å². The number of hydrogen-bond donors (Lipinski definition) is 1. The minimum atomic E-state index is 0.861. The van der Waals surface area contributed by atoms with Crippen molar-refractivity contribution in [1.29, 1.82) is 0 Å². The average Bonchev–Trinajstić information content (AvgIpc) is 2.41. The number of nitrogens with zero attached hydrogens (tertiary/aromatic N) is 1. The van der Waals surface area contributed by atoms with E-state index in [1.165, 1.54) is 25.7 Å². The van der Waals surface area contributed by atoms with Crippen LogP contribution < -0.4 is 5.73 Å². The van der Waals surface area contributed by atoms with Gasteiger partial charge in [-0.25, -0.2) is 0 Å². The molecule has 0 aliphatic heterocycles. The first kappa shape index (κ1) is 16.6. The van der Waals surface area contributed by atoms with Gasteiger partial charge < -0.3 is 5.73 Å². The van der Waals surface area contributed by atoms with Crippen LogP contribution in [-0.4, -0.2) is 11.5 Å². The van der Waals surface area contributed by atoms with E-state index in [9.17, 15) is 0 Å². The van der Waals surface area contributed by atoms with Crippen molar-refractivity contribution in [2.75, 3.05) is 6.54 Å². The van der Waals surface area contributed by atoms with Crippen LogP contribution in [0.25, 0.3) is 5.57 Å². The van der Waals surface area contributed by atoms with Crippen LogP contribution >= 0.6 is 0 Å². The summed E-state index contributed by atoms with van der Waals surface area (Å²) in [5.41, 5.74) is 7.42. The van der Waals surface area contributed by atoms with Gasteiger partial charge in [0, 0.05) is 12.4 Å². The van der Waals surface area contributed by atoms with Crippen LogP contribution in [-0.2, 0) is 0 Å². The average molecular weight is 246 g/mol. The molecule has 1 aromatic heterocycles. The van der Waals surface area contributed by atoms with E-state index >= 15 is 0 Å². The van der Waals surface area contributed by atoms with E-state index in [0.717, 1.165) is 17.7 Å². The maximum Gasteiger partial charge on any atom is 0.0273 e. The van der Waals surface area contributed by atoms with Gasteiger partial charge in [-0.1, -0.05) is 44.9 Å². The van der Waals surface area contributed by atoms with E-state index in [-0.39, 0.29) is 0 Å². The summed E-state index contributed by atoms with van der Waals surface area (Å²) in [6, 6.07) is 3.89. The molecule has 2 nitrogen and oxygen atoms in total. The largest absolute Gasteiger partial charge is 0.330 e. The summed E-state index contributed by atoms with van der Waals surface area (Å²) in [5, 5.41) is 0. The highest BCUT2D eigenvalue weighted by Gasteiger charge is 1.90. The lowest BCUT2D eigenvalue weighted by Crippen LogP contribution is -1.97. The molecule has 0 unspecified atom stereocenters. The highest BCUT2D eigenvalue weighted by molar-refractivity contribution is 5.71. The highest BCUT2D eigenvalue weighted by Crippen LogP contribution is 2.10. The molecule has 0 bridgehead atoms. The molecule has 0 saturated carbocycles. The number of hydrogen-bond acceptors (Lipinski definition) is 2. The number of nitrogens with two attached hydrogens (primary N) is 1. The molecule has 1 rings (SSSR count). The Kier molecular flexibility index (Phi) is 11.1. The Morgan fingerprint density at radius 2 is 1.94 bits per heavy atom. The predicted molar refractivity (Wildman–Crippen MR) is 81.3 cm³/mol. The molecular weight excluding hydrogens is 220 g/mol. The molecule has 0 aliphatic rings. The standard InChI is InChI=1S/C10H11N.C6H15N/c1-3-4-9(2)10-5-7-11-8-6-10;1-2-3-4-5-6-7/h3-8H,2H2,1H3;2-7H2,1H3/b4-3-;. The fourth-order valence-corrected chi connectivity index (χ4v) is 1.43. The van der Waals surface area contributed by atoms with Crippen LogP contribution in [0.1, 0.15) is 45.1 Å². The lowest BCUT2D eigenvalue weighted by molar-refractivity contribution is 0.674. The summed E-state index contributed by atoms with van der Waals surface area (Å²) in [7, 11) is 0. The Hall–Kier alpha value is -1.41. The number of rotatable bonds is 6. The molecule has 100 valence electrons. The molecule has 1 heterocycles. The van der Waals surface area contributed by atoms with Crippen molar-refractivity contribution in [2.45, 2.75) is 39.5 Å². The topological polar surface area (TPSA) is 38.9 Å². The third kappa shape index (κ3) is 8.71. The molecule has 0 amide bonds. The number of aromatic nitrogens is 1. The fourth-order valence-electron chi connectivity index (χ4n) is 1.43. The molecule has 0 spiro atoms. The van der Waals surface area contributed by atoms with Gasteiger partial charge in [0.2, 0.25) is 0 Å². The van der Waals surface area contributed by atoms with Crippen LogP contribution in [0.5, 0.6) is 0 Å². The van der Waals surface area contributed by atoms with Gasteiger partial charge in [0.25, 0.3) is 0 Å². The first-order valence-corrected chi connectivity index (χ1v) is 6.68. The zero-order valence-electron chi connectivity index (χ0n) is 11.7. The summed E-state index contributed by atoms with van der Waals surface area (Å²) in [5.74, 6) is 0. The zero-order chi connectivity index (χ0) is 13.6. The predicted octanol–water partition coefficient (Wildman–Crippen LogP) is 4.20. The lowest BCUT2D eigenvalue weighted by Gasteiger charge is -1.96. The molecular formula is C16H26N2. The molecule has 0 radical (unpaired) electrons. The Morgan fingerprint density at radius 3 is 2.44 bits per heavy atom. The van der Waals surface area contributed by atoms with Crippen LogP contribution in [0.3, 0.4) is 0 Å². The number of allylic oxidation sites excluding steroid dienone is 3. The number of unbranched alkanes of at least 4 members (excludes halogenated alkanes) is 3. The van der Waals surface area contributed by atoms with E-state index in [2.05, 4.69) is 18.5 Å². The Labute approximate surface area is 112 Å². The maximum atomic E-state index is 5.27. The Morgan fingerprint density at radius 1 is 1.28 bits per heavy atom. The lowest BCUT2D eigenvalue weighted by atomic mass is 10.1. The van der Waals surface area contributed by atoms with Crippen molar-refractivity contribution in [3.05, 3.63) is 48.8 Å². The first-order chi connectivity index (χ1) is 8.76. The minimum Gasteiger partial charge on any atom is -0.330 e. The first-order valence-electron chi connectivity index (χ1n) is 6.68. The van der Waals surface area contributed by atoms with Gasteiger partial charge in [0.1, 0.15) is 0 Å². The SMILES string of the molecule is C=C(/C=C\C)c1ccncc1.CCCCCCN. The van der Waals surface area contributed by atoms with Gasteiger partial charge in [0.15, 0.2) is 0 Å². The van der Waals surface area contributed by atoms with Crippen LogP contribution in [0.2, 0.25) is 0 Å². The van der Waals surface area contributed by atoms with Crippen LogP contribution in [0.4, 0.5) is 0 Å². The van der Waals surface area contributed by atoms with Gasteiger partial charge in [-0.05, 0) is 43.2 Å². The summed E-state index contributed by atoms with van der Waals surface area (Å²) < 4.78 is 0. The molecule has 18 heavy (non-hydrogen) atoms. The molecule has 0 atom stereocenters. The molecule has 0 saturated heterocycles. The number of pyridine rings is 1. The van der Waals surface area contributed by atoms with Gasteiger partial charge in [-0.15, -0.1) is 0 Å². The molecule has 0 fully saturated rings. The molecule has 0 aliphatic carbocycles. The third-order valence-corrected chi connectivity index (χ3v) is 2.48. The zero-order valence-corrected chi connectivity index (χ0v) is 11.7. The van der Waals surface area contributed by atoms with Gasteiger partial charge in [0.05, 0.1) is 0 Å². The van der Waals surface area contributed by atoms with Crippen molar-refractivity contribution in [2.24, 2.45) is 5.73 Å². The normalized spacial score (nSPS) is 9.94. The van der Waals surface area contributed by atoms with E-state index < -0.39 is 0 Å². The van der Waals surface area contributed by atoms with Crippen LogP contribution in [0, 0.1) is 0 Å². The van der Waals surface area contributed by atoms with Crippen molar-refractivity contribution >= 4 is 5.57 Å². The summed E-state index contributed by atoms with van der Waals surface area (Å²) >= 11 is 0. The maximum absolute atomic E-state index is 5.27. The van der Waals surface area contributed by atoms with Crippen molar-refractivity contribution < 1.29 is 0 Å². The molecule has 0 aromatic carbocycles. The fraction of sp³-hybridized carbons (Fsp3) is 0.438. The van der Waals surface area contributed by atoms with E-state index in [1.807, 2.05) is 31.2 Å². The third-order valence-electron chi connectivity index (χ3n) is 2.48. The van der Waals surface area contributed by atoms with Gasteiger partial charge >= 0.3 is 0 Å². The Bertz CT molecular complexity index is 324. The minimum absolute atomic E-state index is 0.861. The monoisotopic (exact) mass is 246 g/mol. The summed E-state index contributed by atoms with van der Waals surface area (Å²) in [6.45, 7) is 8.94. The van der Waals surface area contributed by atoms with E-state index in [1.54, 1.807) is 12.4 Å². The van der Waals surface area contributed by atoms with Gasteiger partial charge in [-0.3, -0.25) is 4.98 Å². The molecule has 1 aromatic rings. The van der Waals surface area contributed by atoms with E-state index in [4.69, 9.17) is 5.73 Å². The molecule has 2 heteroatoms. The Balaban J connectivity index is 0.000000360. The van der Waals surface area contributed by atoms with Crippen LogP contribution in [0.15, 0.2) is 43.3 Å².